The molecular formula is C31H24F4O4. The van der Waals surface area contributed by atoms with Crippen LogP contribution in [0.4, 0.5) is 17.6 Å². The molecule has 0 bridgehead atoms. The number of esters is 2. The van der Waals surface area contributed by atoms with Crippen LogP contribution in [-0.4, -0.2) is 11.9 Å². The Morgan fingerprint density at radius 3 is 1.59 bits per heavy atom. The minimum Gasteiger partial charge on any atom is -0.426 e. The molecule has 0 heterocycles. The summed E-state index contributed by atoms with van der Waals surface area (Å²) in [5.74, 6) is -3.15. The lowest BCUT2D eigenvalue weighted by molar-refractivity contribution is -0.134. The highest BCUT2D eigenvalue weighted by atomic mass is 19.1. The summed E-state index contributed by atoms with van der Waals surface area (Å²) < 4.78 is 65.7. The number of ether oxygens (including phenoxy) is 2. The molecule has 0 aliphatic heterocycles. The lowest BCUT2D eigenvalue weighted by atomic mass is 10.0. The second kappa shape index (κ2) is 12.9. The molecular weight excluding hydrogens is 512 g/mol. The van der Waals surface area contributed by atoms with Gasteiger partial charge in [0.1, 0.15) is 34.8 Å². The molecule has 4 rings (SSSR count). The van der Waals surface area contributed by atoms with Crippen LogP contribution < -0.4 is 9.47 Å². The Balaban J connectivity index is 1.17. The van der Waals surface area contributed by atoms with Crippen LogP contribution in [0.15, 0.2) is 84.9 Å². The molecule has 0 radical (unpaired) electrons. The van der Waals surface area contributed by atoms with Crippen molar-refractivity contribution in [2.24, 2.45) is 0 Å². The number of benzene rings is 4. The second-order valence-electron chi connectivity index (χ2n) is 8.81. The molecule has 4 nitrogen and oxygen atoms in total. The molecule has 0 spiro atoms. The molecule has 0 aliphatic rings. The van der Waals surface area contributed by atoms with Crippen molar-refractivity contribution in [3.05, 3.63) is 108 Å². The molecule has 4 aromatic carbocycles. The number of rotatable bonds is 10. The van der Waals surface area contributed by atoms with Gasteiger partial charge in [-0.25, -0.2) is 17.6 Å². The third-order valence-corrected chi connectivity index (χ3v) is 5.90. The number of hydrogen-bond donors (Lipinski definition) is 0. The highest BCUT2D eigenvalue weighted by molar-refractivity contribution is 5.74. The van der Waals surface area contributed by atoms with E-state index in [4.69, 9.17) is 9.47 Å². The number of carbonyl (C=O) groups is 2. The maximum atomic E-state index is 14.4. The first-order valence-electron chi connectivity index (χ1n) is 12.3. The molecule has 0 unspecified atom stereocenters. The average Bonchev–Trinajstić information content (AvgIpc) is 2.89. The van der Waals surface area contributed by atoms with Gasteiger partial charge in [0.15, 0.2) is 0 Å². The molecule has 200 valence electrons. The third kappa shape index (κ3) is 7.77. The van der Waals surface area contributed by atoms with E-state index < -0.39 is 35.2 Å². The van der Waals surface area contributed by atoms with Gasteiger partial charge in [-0.2, -0.15) is 0 Å². The molecule has 8 heteroatoms. The van der Waals surface area contributed by atoms with Crippen LogP contribution in [0.3, 0.4) is 0 Å². The van der Waals surface area contributed by atoms with E-state index in [1.165, 1.54) is 66.7 Å². The summed E-state index contributed by atoms with van der Waals surface area (Å²) in [6, 6.07) is 18.8. The lowest BCUT2D eigenvalue weighted by Gasteiger charge is -2.08. The summed E-state index contributed by atoms with van der Waals surface area (Å²) in [5, 5.41) is 0. The molecule has 0 atom stereocenters. The molecule has 0 aromatic heterocycles. The van der Waals surface area contributed by atoms with E-state index in [1.54, 1.807) is 6.07 Å². The predicted octanol–water partition coefficient (Wildman–Crippen LogP) is 8.04. The second-order valence-corrected chi connectivity index (χ2v) is 8.81. The molecule has 0 aliphatic carbocycles. The van der Waals surface area contributed by atoms with Crippen LogP contribution in [0.5, 0.6) is 11.5 Å². The van der Waals surface area contributed by atoms with Crippen molar-refractivity contribution >= 4 is 11.9 Å². The van der Waals surface area contributed by atoms with Crippen molar-refractivity contribution in [2.45, 2.75) is 32.1 Å². The van der Waals surface area contributed by atoms with Gasteiger partial charge in [0.05, 0.1) is 0 Å². The van der Waals surface area contributed by atoms with Crippen molar-refractivity contribution in [2.75, 3.05) is 0 Å². The SMILES string of the molecule is O=C(CCCCCC(=O)Oc1ccc(-c2cccc(F)c2)c(F)c1)Oc1ccc(-c2ccc(F)cc2)c(F)c1. The first kappa shape index (κ1) is 27.6. The molecule has 0 fully saturated rings. The molecule has 4 aromatic rings. The summed E-state index contributed by atoms with van der Waals surface area (Å²) in [4.78, 5) is 24.2. The van der Waals surface area contributed by atoms with E-state index in [0.29, 0.717) is 30.4 Å². The van der Waals surface area contributed by atoms with Gasteiger partial charge >= 0.3 is 11.9 Å². The van der Waals surface area contributed by atoms with Crippen molar-refractivity contribution in [3.63, 3.8) is 0 Å². The average molecular weight is 537 g/mol. The van der Waals surface area contributed by atoms with E-state index in [1.807, 2.05) is 0 Å². The summed E-state index contributed by atoms with van der Waals surface area (Å²) in [6.45, 7) is 0. The summed E-state index contributed by atoms with van der Waals surface area (Å²) in [7, 11) is 0. The molecule has 0 saturated carbocycles. The van der Waals surface area contributed by atoms with E-state index in [2.05, 4.69) is 0 Å². The maximum Gasteiger partial charge on any atom is 0.311 e. The van der Waals surface area contributed by atoms with E-state index in [0.717, 1.165) is 12.1 Å². The Kier molecular flexibility index (Phi) is 9.10. The zero-order chi connectivity index (χ0) is 27.8. The fourth-order valence-electron chi connectivity index (χ4n) is 3.95. The van der Waals surface area contributed by atoms with Crippen molar-refractivity contribution in [1.82, 2.24) is 0 Å². The Bertz CT molecular complexity index is 1470. The molecule has 0 N–H and O–H groups in total. The number of halogens is 4. The van der Waals surface area contributed by atoms with Gasteiger partial charge in [0.2, 0.25) is 0 Å². The summed E-state index contributed by atoms with van der Waals surface area (Å²) in [6.07, 6.45) is 1.56. The monoisotopic (exact) mass is 536 g/mol. The van der Waals surface area contributed by atoms with Gasteiger partial charge in [-0.3, -0.25) is 9.59 Å². The number of carbonyl (C=O) groups excluding carboxylic acids is 2. The van der Waals surface area contributed by atoms with Gasteiger partial charge < -0.3 is 9.47 Å². The van der Waals surface area contributed by atoms with Crippen molar-refractivity contribution in [3.8, 4) is 33.8 Å². The van der Waals surface area contributed by atoms with Crippen LogP contribution in [0.1, 0.15) is 32.1 Å². The van der Waals surface area contributed by atoms with Gasteiger partial charge in [-0.05, 0) is 72.5 Å². The Hall–Kier alpha value is -4.46. The fraction of sp³-hybridized carbons (Fsp3) is 0.161. The van der Waals surface area contributed by atoms with Crippen LogP contribution in [0, 0.1) is 23.3 Å². The molecule has 39 heavy (non-hydrogen) atoms. The topological polar surface area (TPSA) is 52.6 Å². The minimum atomic E-state index is -0.644. The minimum absolute atomic E-state index is 0.0407. The standard InChI is InChI=1S/C31H24F4O4/c32-22-11-9-20(10-12-22)26-15-13-24(18-28(26)34)38-30(36)7-2-1-3-8-31(37)39-25-14-16-27(29(35)19-25)21-5-4-6-23(33)17-21/h4-6,9-19H,1-3,7-8H2. The zero-order valence-electron chi connectivity index (χ0n) is 20.8. The van der Waals surface area contributed by atoms with Gasteiger partial charge in [-0.15, -0.1) is 0 Å². The quantitative estimate of drug-likeness (QED) is 0.0891. The zero-order valence-corrected chi connectivity index (χ0v) is 20.8. The molecule has 0 amide bonds. The molecule has 0 saturated heterocycles. The first-order valence-corrected chi connectivity index (χ1v) is 12.3. The van der Waals surface area contributed by atoms with Crippen LogP contribution >= 0.6 is 0 Å². The first-order chi connectivity index (χ1) is 18.8. The normalized spacial score (nSPS) is 10.8. The van der Waals surface area contributed by atoms with E-state index in [-0.39, 0.29) is 35.5 Å². The lowest BCUT2D eigenvalue weighted by Crippen LogP contribution is -2.09. The highest BCUT2D eigenvalue weighted by Gasteiger charge is 2.12. The van der Waals surface area contributed by atoms with Crippen LogP contribution in [-0.2, 0) is 9.59 Å². The van der Waals surface area contributed by atoms with Crippen molar-refractivity contribution < 1.29 is 36.6 Å². The van der Waals surface area contributed by atoms with Crippen LogP contribution in [0.2, 0.25) is 0 Å². The van der Waals surface area contributed by atoms with Gasteiger partial charge in [-0.1, -0.05) is 30.7 Å². The van der Waals surface area contributed by atoms with E-state index >= 15 is 0 Å². The van der Waals surface area contributed by atoms with E-state index in [9.17, 15) is 27.2 Å². The Morgan fingerprint density at radius 1 is 0.538 bits per heavy atom. The maximum absolute atomic E-state index is 14.4. The number of unbranched alkanes of at least 4 members (excludes halogenated alkanes) is 2. The Morgan fingerprint density at radius 2 is 1.08 bits per heavy atom. The third-order valence-electron chi connectivity index (χ3n) is 5.90. The number of hydrogen-bond acceptors (Lipinski definition) is 4. The predicted molar refractivity (Wildman–Crippen MR) is 138 cm³/mol. The Labute approximate surface area is 222 Å². The highest BCUT2D eigenvalue weighted by Crippen LogP contribution is 2.28. The largest absolute Gasteiger partial charge is 0.426 e. The van der Waals surface area contributed by atoms with Gasteiger partial charge in [0.25, 0.3) is 0 Å². The van der Waals surface area contributed by atoms with Gasteiger partial charge in [0, 0.05) is 36.1 Å². The summed E-state index contributed by atoms with van der Waals surface area (Å²) in [5.41, 5.74) is 1.31. The summed E-state index contributed by atoms with van der Waals surface area (Å²) >= 11 is 0. The van der Waals surface area contributed by atoms with Crippen LogP contribution in [0.25, 0.3) is 22.3 Å². The smallest absolute Gasteiger partial charge is 0.311 e. The fourth-order valence-corrected chi connectivity index (χ4v) is 3.95. The van der Waals surface area contributed by atoms with Crippen molar-refractivity contribution in [1.29, 1.82) is 0 Å².